The van der Waals surface area contributed by atoms with Gasteiger partial charge < -0.3 is 14.2 Å². The van der Waals surface area contributed by atoms with Crippen LogP contribution in [-0.2, 0) is 20.0 Å². The number of thiocarbonyl (C=S) groups is 1. The molecule has 0 spiro atoms. The zero-order chi connectivity index (χ0) is 14.5. The molecule has 0 radical (unpaired) electrons. The van der Waals surface area contributed by atoms with E-state index >= 15 is 0 Å². The smallest absolute Gasteiger partial charge is 0.194 e. The van der Waals surface area contributed by atoms with Crippen LogP contribution in [0.15, 0.2) is 22.7 Å². The van der Waals surface area contributed by atoms with E-state index in [2.05, 4.69) is 15.9 Å². The van der Waals surface area contributed by atoms with Crippen molar-refractivity contribution in [1.82, 2.24) is 0 Å². The molecule has 1 aromatic carbocycles. The van der Waals surface area contributed by atoms with Crippen molar-refractivity contribution in [3.05, 3.63) is 34.1 Å². The van der Waals surface area contributed by atoms with Gasteiger partial charge in [-0.25, -0.2) is 4.39 Å². The topological polar surface area (TPSA) is 27.7 Å². The molecule has 0 aliphatic carbocycles. The standard InChI is InChI=1S/C13H16BrFO3S/c1-16-12(19)6-7-13(17-2,18-3)9-4-5-10(14)11(15)8-9/h4-5,8H,6-7H2,1-3H3. The summed E-state index contributed by atoms with van der Waals surface area (Å²) in [7, 11) is 4.54. The van der Waals surface area contributed by atoms with Crippen LogP contribution in [0.5, 0.6) is 0 Å². The van der Waals surface area contributed by atoms with Gasteiger partial charge in [0.15, 0.2) is 10.8 Å². The fourth-order valence-electron chi connectivity index (χ4n) is 1.77. The molecule has 0 unspecified atom stereocenters. The molecule has 0 bridgehead atoms. The summed E-state index contributed by atoms with van der Waals surface area (Å²) in [5.74, 6) is -1.41. The fraction of sp³-hybridized carbons (Fsp3) is 0.462. The Balaban J connectivity index is 3.03. The van der Waals surface area contributed by atoms with Crippen molar-refractivity contribution in [2.45, 2.75) is 18.6 Å². The first-order chi connectivity index (χ1) is 8.99. The highest BCUT2D eigenvalue weighted by Gasteiger charge is 2.33. The minimum absolute atomic E-state index is 0.370. The molecule has 0 saturated carbocycles. The van der Waals surface area contributed by atoms with Gasteiger partial charge in [0.1, 0.15) is 5.82 Å². The van der Waals surface area contributed by atoms with E-state index in [1.165, 1.54) is 27.4 Å². The maximum atomic E-state index is 13.6. The maximum Gasteiger partial charge on any atom is 0.194 e. The summed E-state index contributed by atoms with van der Waals surface area (Å²) in [5, 5.41) is 0.455. The van der Waals surface area contributed by atoms with Gasteiger partial charge >= 0.3 is 0 Å². The molecule has 0 amide bonds. The molecule has 6 heteroatoms. The minimum atomic E-state index is -1.04. The summed E-state index contributed by atoms with van der Waals surface area (Å²) < 4.78 is 29.9. The molecular weight excluding hydrogens is 335 g/mol. The Kier molecular flexibility index (Phi) is 6.32. The van der Waals surface area contributed by atoms with Crippen LogP contribution in [0.25, 0.3) is 0 Å². The number of methoxy groups -OCH3 is 3. The summed E-state index contributed by atoms with van der Waals surface area (Å²) in [6, 6.07) is 4.75. The molecule has 0 aliphatic heterocycles. The number of hydrogen-bond donors (Lipinski definition) is 0. The van der Waals surface area contributed by atoms with E-state index < -0.39 is 5.79 Å². The van der Waals surface area contributed by atoms with Crippen molar-refractivity contribution in [3.63, 3.8) is 0 Å². The second kappa shape index (κ2) is 7.28. The van der Waals surface area contributed by atoms with Gasteiger partial charge in [0.25, 0.3) is 0 Å². The van der Waals surface area contributed by atoms with Crippen molar-refractivity contribution < 1.29 is 18.6 Å². The van der Waals surface area contributed by atoms with E-state index in [1.807, 2.05) is 0 Å². The predicted octanol–water partition coefficient (Wildman–Crippen LogP) is 3.79. The average molecular weight is 351 g/mol. The van der Waals surface area contributed by atoms with E-state index in [0.717, 1.165) is 0 Å². The predicted molar refractivity (Wildman–Crippen MR) is 78.6 cm³/mol. The number of hydrogen-bond acceptors (Lipinski definition) is 4. The van der Waals surface area contributed by atoms with Crippen LogP contribution in [0.3, 0.4) is 0 Å². The van der Waals surface area contributed by atoms with Gasteiger partial charge in [0.05, 0.1) is 11.6 Å². The third-order valence-corrected chi connectivity index (χ3v) is 3.92. The van der Waals surface area contributed by atoms with Crippen LogP contribution >= 0.6 is 28.1 Å². The molecule has 0 heterocycles. The molecule has 19 heavy (non-hydrogen) atoms. The molecule has 1 aromatic rings. The molecule has 106 valence electrons. The SMILES string of the molecule is COC(=S)CCC(OC)(OC)c1ccc(Br)c(F)c1. The van der Waals surface area contributed by atoms with Crippen LogP contribution in [0.1, 0.15) is 18.4 Å². The summed E-state index contributed by atoms with van der Waals surface area (Å²) in [6.07, 6.45) is 0.916. The summed E-state index contributed by atoms with van der Waals surface area (Å²) >= 11 is 8.12. The van der Waals surface area contributed by atoms with Gasteiger partial charge in [0.2, 0.25) is 0 Å². The van der Waals surface area contributed by atoms with E-state index in [0.29, 0.717) is 27.9 Å². The van der Waals surface area contributed by atoms with Crippen LogP contribution in [-0.4, -0.2) is 26.4 Å². The fourth-order valence-corrected chi connectivity index (χ4v) is 2.12. The maximum absolute atomic E-state index is 13.6. The summed E-state index contributed by atoms with van der Waals surface area (Å²) in [5.41, 5.74) is 0.595. The average Bonchev–Trinajstić information content (AvgIpc) is 2.43. The van der Waals surface area contributed by atoms with Gasteiger partial charge in [-0.15, -0.1) is 0 Å². The first kappa shape index (κ1) is 16.5. The molecule has 0 atom stereocenters. The number of rotatable bonds is 6. The van der Waals surface area contributed by atoms with E-state index in [-0.39, 0.29) is 5.82 Å². The molecule has 0 fully saturated rings. The molecule has 0 aromatic heterocycles. The Morgan fingerprint density at radius 3 is 2.42 bits per heavy atom. The van der Waals surface area contributed by atoms with Gasteiger partial charge in [-0.3, -0.25) is 0 Å². The van der Waals surface area contributed by atoms with Crippen molar-refractivity contribution in [2.24, 2.45) is 0 Å². The van der Waals surface area contributed by atoms with Crippen LogP contribution in [0, 0.1) is 5.82 Å². The highest BCUT2D eigenvalue weighted by atomic mass is 79.9. The van der Waals surface area contributed by atoms with Crippen molar-refractivity contribution in [2.75, 3.05) is 21.3 Å². The third kappa shape index (κ3) is 3.95. The Hall–Kier alpha value is -0.560. The van der Waals surface area contributed by atoms with Gasteiger partial charge in [-0.1, -0.05) is 6.07 Å². The van der Waals surface area contributed by atoms with Gasteiger partial charge in [-0.05, 0) is 40.3 Å². The third-order valence-electron chi connectivity index (χ3n) is 2.90. The monoisotopic (exact) mass is 350 g/mol. The van der Waals surface area contributed by atoms with E-state index in [4.69, 9.17) is 26.4 Å². The lowest BCUT2D eigenvalue weighted by molar-refractivity contribution is -0.219. The quantitative estimate of drug-likeness (QED) is 0.576. The van der Waals surface area contributed by atoms with Crippen LogP contribution in [0.4, 0.5) is 4.39 Å². The molecule has 0 saturated heterocycles. The highest BCUT2D eigenvalue weighted by molar-refractivity contribution is 9.10. The number of benzene rings is 1. The summed E-state index contributed by atoms with van der Waals surface area (Å²) in [6.45, 7) is 0. The van der Waals surface area contributed by atoms with Crippen molar-refractivity contribution in [3.8, 4) is 0 Å². The summed E-state index contributed by atoms with van der Waals surface area (Å²) in [4.78, 5) is 0. The normalized spacial score (nSPS) is 11.4. The Bertz CT molecular complexity index is 450. The van der Waals surface area contributed by atoms with Gasteiger partial charge in [0, 0.05) is 32.6 Å². The number of ether oxygens (including phenoxy) is 3. The Morgan fingerprint density at radius 2 is 1.95 bits per heavy atom. The zero-order valence-corrected chi connectivity index (χ0v) is 13.4. The van der Waals surface area contributed by atoms with Gasteiger partial charge in [-0.2, -0.15) is 0 Å². The lowest BCUT2D eigenvalue weighted by Crippen LogP contribution is -2.31. The molecular formula is C13H16BrFO3S. The van der Waals surface area contributed by atoms with E-state index in [9.17, 15) is 4.39 Å². The second-order valence-corrected chi connectivity index (χ2v) is 5.18. The Morgan fingerprint density at radius 1 is 1.32 bits per heavy atom. The van der Waals surface area contributed by atoms with Crippen molar-refractivity contribution in [1.29, 1.82) is 0 Å². The molecule has 0 aliphatic rings. The molecule has 1 rings (SSSR count). The largest absolute Gasteiger partial charge is 0.490 e. The lowest BCUT2D eigenvalue weighted by Gasteiger charge is -2.31. The highest BCUT2D eigenvalue weighted by Crippen LogP contribution is 2.33. The first-order valence-electron chi connectivity index (χ1n) is 5.61. The minimum Gasteiger partial charge on any atom is -0.490 e. The lowest BCUT2D eigenvalue weighted by atomic mass is 10.0. The Labute approximate surface area is 126 Å². The zero-order valence-electron chi connectivity index (χ0n) is 11.0. The molecule has 0 N–H and O–H groups in total. The second-order valence-electron chi connectivity index (χ2n) is 3.87. The first-order valence-corrected chi connectivity index (χ1v) is 6.82. The van der Waals surface area contributed by atoms with Crippen molar-refractivity contribution >= 4 is 33.2 Å². The number of halogens is 2. The van der Waals surface area contributed by atoms with Crippen LogP contribution < -0.4 is 0 Å². The van der Waals surface area contributed by atoms with E-state index in [1.54, 1.807) is 12.1 Å². The molecule has 3 nitrogen and oxygen atoms in total. The van der Waals surface area contributed by atoms with Crippen LogP contribution in [0.2, 0.25) is 0 Å².